The zero-order chi connectivity index (χ0) is 87.0. The van der Waals surface area contributed by atoms with Gasteiger partial charge in [0.1, 0.15) is 23.0 Å². The molecule has 25 nitrogen and oxygen atoms in total. The van der Waals surface area contributed by atoms with Gasteiger partial charge in [0.25, 0.3) is 30.4 Å². The minimum atomic E-state index is -6.61. The Morgan fingerprint density at radius 1 is 0.345 bits per heavy atom. The first kappa shape index (κ1) is 102. The second-order valence-electron chi connectivity index (χ2n) is 23.5. The maximum Gasteiger partial charge on any atom is 0.437 e. The van der Waals surface area contributed by atoms with Crippen molar-refractivity contribution in [2.24, 2.45) is 0 Å². The van der Waals surface area contributed by atoms with Gasteiger partial charge in [0, 0.05) is 12.5 Å². The lowest BCUT2D eigenvalue weighted by atomic mass is 10.2. The third kappa shape index (κ3) is 35.8. The molecule has 0 aliphatic carbocycles. The molecular formula is C74H86F6O25S8. The van der Waals surface area contributed by atoms with E-state index in [1.807, 2.05) is 65.0 Å². The van der Waals surface area contributed by atoms with E-state index >= 15 is 0 Å². The van der Waals surface area contributed by atoms with Gasteiger partial charge in [-0.05, 0) is 187 Å². The fourth-order valence-electron chi connectivity index (χ4n) is 7.85. The first-order chi connectivity index (χ1) is 51.8. The highest BCUT2D eigenvalue weighted by molar-refractivity contribution is 7.92. The lowest BCUT2D eigenvalue weighted by Crippen LogP contribution is -2.56. The highest BCUT2D eigenvalue weighted by Crippen LogP contribution is 2.47. The molecular weight excluding hydrogens is 1660 g/mol. The van der Waals surface area contributed by atoms with E-state index in [4.69, 9.17) is 37.2 Å². The molecule has 9 aromatic carbocycles. The molecule has 0 saturated heterocycles. The van der Waals surface area contributed by atoms with Crippen LogP contribution in [0.15, 0.2) is 264 Å². The largest absolute Gasteiger partial charge is 0.497 e. The predicted octanol–water partition coefficient (Wildman–Crippen LogP) is 14.7. The van der Waals surface area contributed by atoms with Crippen LogP contribution in [0.2, 0.25) is 0 Å². The van der Waals surface area contributed by atoms with E-state index in [1.54, 1.807) is 229 Å². The minimum Gasteiger partial charge on any atom is -0.497 e. The van der Waals surface area contributed by atoms with Crippen LogP contribution in [-0.4, -0.2) is 155 Å². The summed E-state index contributed by atoms with van der Waals surface area (Å²) in [6.07, 6.45) is 2.76. The van der Waals surface area contributed by atoms with Crippen molar-refractivity contribution in [1.82, 2.24) is 0 Å². The summed E-state index contributed by atoms with van der Waals surface area (Å²) in [5, 5.41) is -6.24. The third-order valence-electron chi connectivity index (χ3n) is 14.0. The normalized spacial score (nSPS) is 11.7. The number of ketones is 1. The van der Waals surface area contributed by atoms with Crippen molar-refractivity contribution in [2.75, 3.05) is 46.7 Å². The fraction of sp³-hybridized carbons (Fsp3) is 0.257. The number of rotatable bonds is 19. The summed E-state index contributed by atoms with van der Waals surface area (Å²) in [7, 11) is -25.2. The number of methoxy groups -OCH3 is 4. The van der Waals surface area contributed by atoms with E-state index in [9.17, 15) is 98.5 Å². The molecule has 0 fully saturated rings. The number of carbonyl (C=O) groups is 1. The molecule has 9 aromatic rings. The Bertz CT molecular complexity index is 4900. The molecule has 0 radical (unpaired) electrons. The van der Waals surface area contributed by atoms with E-state index in [1.165, 1.54) is 0 Å². The van der Waals surface area contributed by atoms with Crippen molar-refractivity contribution in [1.29, 1.82) is 0 Å². The van der Waals surface area contributed by atoms with Gasteiger partial charge in [-0.15, -0.1) is 0 Å². The summed E-state index contributed by atoms with van der Waals surface area (Å²) in [4.78, 5) is 12.9. The van der Waals surface area contributed by atoms with Gasteiger partial charge in [0.2, 0.25) is 39.3 Å². The topological polar surface area (TPSA) is 408 Å². The van der Waals surface area contributed by atoms with Crippen molar-refractivity contribution < 1.29 is 136 Å². The molecule has 0 spiro atoms. The smallest absolute Gasteiger partial charge is 0.437 e. The molecule has 622 valence electrons. The maximum atomic E-state index is 12.3. The summed E-state index contributed by atoms with van der Waals surface area (Å²) in [5.74, 6) is -8.91. The lowest BCUT2D eigenvalue weighted by Gasteiger charge is -2.28. The van der Waals surface area contributed by atoms with E-state index in [2.05, 4.69) is 0 Å². The number of Topliss-reactive ketones (excluding diaryl/α,β-unsaturated/α-hetero) is 1. The van der Waals surface area contributed by atoms with Crippen LogP contribution in [0.4, 0.5) is 26.3 Å². The van der Waals surface area contributed by atoms with Crippen molar-refractivity contribution in [3.8, 4) is 23.0 Å². The van der Waals surface area contributed by atoms with Crippen molar-refractivity contribution in [3.63, 3.8) is 0 Å². The van der Waals surface area contributed by atoms with Gasteiger partial charge in [-0.2, -0.15) is 60.0 Å². The zero-order valence-electron chi connectivity index (χ0n) is 62.9. The number of aryl methyl sites for hydroxylation is 4. The van der Waals surface area contributed by atoms with Crippen LogP contribution in [0.1, 0.15) is 66.2 Å². The molecule has 0 aromatic heterocycles. The molecule has 0 bridgehead atoms. The van der Waals surface area contributed by atoms with Gasteiger partial charge < -0.3 is 18.9 Å². The van der Waals surface area contributed by atoms with Crippen molar-refractivity contribution in [2.45, 2.75) is 118 Å². The summed E-state index contributed by atoms with van der Waals surface area (Å²) in [5.41, 5.74) is 4.90. The molecule has 113 heavy (non-hydrogen) atoms. The summed E-state index contributed by atoms with van der Waals surface area (Å²) >= 11 is 0. The SMILES string of the molecule is CC(=O)c1ccccc1.CC(F)(F)C(F)(F)C(F)(F)S(=O)(=O)O.CCCCS(=O)(=O)O.COc1ccc(S(=O)(=O)c2ccc(C)cc2)cc1.COc1ccc(S(=O)(=O)c2ccc(C)cc2)cc1.COc1ccc(S(=O)(=O)c2ccc(C)cc2)cc1.COc1ccc(S(=O)(=O)c2ccc(C)cc2)cc1.CS(=O)(=O)O.CS(=O)(=O)O. The number of halogens is 6. The molecule has 0 heterocycles. The Kier molecular flexibility index (Phi) is 40.1. The number of carbonyl (C=O) groups excluding carboxylic acids is 1. The lowest BCUT2D eigenvalue weighted by molar-refractivity contribution is -0.273. The molecule has 0 unspecified atom stereocenters. The zero-order valence-corrected chi connectivity index (χ0v) is 69.4. The molecule has 39 heteroatoms. The first-order valence-corrected chi connectivity index (χ1v) is 44.7. The highest BCUT2D eigenvalue weighted by atomic mass is 32.2. The second kappa shape index (κ2) is 44.5. The molecule has 0 aliphatic rings. The highest BCUT2D eigenvalue weighted by Gasteiger charge is 2.75. The monoisotopic (exact) mass is 1740 g/mol. The van der Waals surface area contributed by atoms with E-state index in [0.717, 1.165) is 34.2 Å². The number of unbranched alkanes of at least 4 members (excludes halogenated alkanes) is 1. The number of ether oxygens (including phenoxy) is 4. The number of hydrogen-bond donors (Lipinski definition) is 4. The number of sulfone groups is 4. The number of benzene rings is 9. The van der Waals surface area contributed by atoms with Gasteiger partial charge in [0.15, 0.2) is 5.78 Å². The summed E-state index contributed by atoms with van der Waals surface area (Å²) in [6.45, 7) is 10.5. The Morgan fingerprint density at radius 2 is 0.531 bits per heavy atom. The van der Waals surface area contributed by atoms with Crippen LogP contribution >= 0.6 is 0 Å². The molecule has 4 N–H and O–H groups in total. The quantitative estimate of drug-likeness (QED) is 0.0332. The average Bonchev–Trinajstić information content (AvgIpc) is 0.749. The van der Waals surface area contributed by atoms with Crippen LogP contribution in [0.25, 0.3) is 0 Å². The predicted molar refractivity (Wildman–Crippen MR) is 413 cm³/mol. The van der Waals surface area contributed by atoms with Gasteiger partial charge in [-0.3, -0.25) is 23.0 Å². The second-order valence-corrected chi connectivity index (χ2v) is 37.2. The van der Waals surface area contributed by atoms with Crippen LogP contribution in [0, 0.1) is 27.7 Å². The van der Waals surface area contributed by atoms with Crippen LogP contribution < -0.4 is 18.9 Å². The van der Waals surface area contributed by atoms with E-state index < -0.39 is 104 Å². The molecule has 0 amide bonds. The number of alkyl halides is 6. The summed E-state index contributed by atoms with van der Waals surface area (Å²) in [6, 6.07) is 62.0. The van der Waals surface area contributed by atoms with Crippen molar-refractivity contribution in [3.05, 3.63) is 252 Å². The Hall–Kier alpha value is -9.13. The molecule has 9 rings (SSSR count). The van der Waals surface area contributed by atoms with Gasteiger partial charge in [0.05, 0.1) is 85.9 Å². The molecule has 0 atom stereocenters. The maximum absolute atomic E-state index is 12.3. The van der Waals surface area contributed by atoms with Crippen molar-refractivity contribution >= 4 is 85.6 Å². The average molecular weight is 1750 g/mol. The third-order valence-corrected chi connectivity index (χ3v) is 22.8. The van der Waals surface area contributed by atoms with E-state index in [-0.39, 0.29) is 31.1 Å². The van der Waals surface area contributed by atoms with Crippen LogP contribution in [0.3, 0.4) is 0 Å². The Morgan fingerprint density at radius 3 is 0.646 bits per heavy atom. The first-order valence-electron chi connectivity index (χ1n) is 32.1. The molecule has 0 aliphatic heterocycles. The number of hydrogen-bond acceptors (Lipinski definition) is 21. The standard InChI is InChI=1S/4C14H14O3S.C8H8O.C4H4F6O3S.C4H10O3S.2CH4O3S/c4*1-11-3-7-13(8-4-11)18(15,16)14-9-5-12(17-2)6-10-14;1-7(9)8-5-3-2-4-6-8;1-2(5,6)3(7,8)4(9,10)14(11,12)13;1-2-3-4-8(5,6)7;2*1-5(2,3)4/h4*3-10H,1-2H3;2-6H,1H3;1H3,(H,11,12,13);2-4H2,1H3,(H,5,6,7);2*1H3,(H,2,3,4). The summed E-state index contributed by atoms with van der Waals surface area (Å²) < 4.78 is 298. The van der Waals surface area contributed by atoms with E-state index in [0.29, 0.717) is 61.5 Å². The van der Waals surface area contributed by atoms with Gasteiger partial charge >= 0.3 is 27.2 Å². The molecule has 0 saturated carbocycles. The van der Waals surface area contributed by atoms with Gasteiger partial charge in [-0.1, -0.05) is 114 Å². The Balaban J connectivity index is 0.000000655. The van der Waals surface area contributed by atoms with Crippen LogP contribution in [0.5, 0.6) is 23.0 Å². The van der Waals surface area contributed by atoms with Crippen LogP contribution in [-0.2, 0) is 79.8 Å². The Labute approximate surface area is 656 Å². The minimum absolute atomic E-state index is 0.108. The fourth-order valence-corrected chi connectivity index (χ4v) is 14.1. The van der Waals surface area contributed by atoms with Gasteiger partial charge in [-0.25, -0.2) is 33.7 Å².